The molecular formula is C13H20N5O6+. The highest BCUT2D eigenvalue weighted by Crippen LogP contribution is 2.27. The zero-order chi connectivity index (χ0) is 17.6. The Morgan fingerprint density at radius 1 is 1.46 bits per heavy atom. The summed E-state index contributed by atoms with van der Waals surface area (Å²) in [5.41, 5.74) is 5.36. The number of aromatic amines is 1. The molecule has 0 aromatic carbocycles. The molecule has 2 aromatic heterocycles. The molecule has 11 heteroatoms. The van der Waals surface area contributed by atoms with Crippen molar-refractivity contribution in [3.05, 3.63) is 16.7 Å². The number of imidazole rings is 1. The van der Waals surface area contributed by atoms with E-state index in [1.54, 1.807) is 6.92 Å². The molecule has 7 N–H and O–H groups in total. The Balaban J connectivity index is 2.20. The standard InChI is InChI=1S/C13H19N5O6/c1-5(2-19)17-4-18(10-7(17)11(23)16-13(14)15-10)12-9(22)8(21)6(3-20)24-12/h4-6,8-9,12,19-22H,2-3H2,1H3,(H2-,14,15,16,23)/p+1/t5?,6-,8-,9-,12?/m0/s1. The number of aliphatic hydroxyl groups is 4. The molecular weight excluding hydrogens is 322 g/mol. The molecule has 2 unspecified atom stereocenters. The number of nitrogens with two attached hydrogens (primary N) is 1. The van der Waals surface area contributed by atoms with Crippen molar-refractivity contribution in [1.29, 1.82) is 0 Å². The predicted octanol–water partition coefficient (Wildman–Crippen LogP) is -3.24. The molecule has 132 valence electrons. The van der Waals surface area contributed by atoms with Gasteiger partial charge in [-0.2, -0.15) is 0 Å². The maximum atomic E-state index is 12.3. The SMILES string of the molecule is CC(CO)n1c[n+](C2O[C@@H](CO)[C@H](O)[C@@H]2O)c2nc(N)[nH]c(=O)c21. The minimum Gasteiger partial charge on any atom is -0.394 e. The van der Waals surface area contributed by atoms with Gasteiger partial charge in [0.05, 0.1) is 19.3 Å². The lowest BCUT2D eigenvalue weighted by atomic mass is 10.1. The predicted molar refractivity (Wildman–Crippen MR) is 79.8 cm³/mol. The molecule has 1 saturated heterocycles. The van der Waals surface area contributed by atoms with E-state index in [1.807, 2.05) is 0 Å². The average molecular weight is 342 g/mol. The molecule has 11 nitrogen and oxygen atoms in total. The van der Waals surface area contributed by atoms with Crippen molar-refractivity contribution in [2.75, 3.05) is 18.9 Å². The van der Waals surface area contributed by atoms with Crippen LogP contribution in [0.1, 0.15) is 19.2 Å². The number of nitrogen functional groups attached to an aromatic ring is 1. The molecule has 0 saturated carbocycles. The Bertz CT molecular complexity index is 804. The van der Waals surface area contributed by atoms with Crippen molar-refractivity contribution in [1.82, 2.24) is 14.5 Å². The fourth-order valence-corrected chi connectivity index (χ4v) is 2.85. The van der Waals surface area contributed by atoms with Gasteiger partial charge in [-0.05, 0) is 6.92 Å². The molecule has 24 heavy (non-hydrogen) atoms. The minimum atomic E-state index is -1.34. The Hall–Kier alpha value is -2.05. The van der Waals surface area contributed by atoms with Crippen LogP contribution < -0.4 is 15.9 Å². The second-order valence-electron chi connectivity index (χ2n) is 5.81. The van der Waals surface area contributed by atoms with Gasteiger partial charge < -0.3 is 30.9 Å². The van der Waals surface area contributed by atoms with Crippen molar-refractivity contribution in [2.24, 2.45) is 0 Å². The molecule has 2 aromatic rings. The third kappa shape index (κ3) is 2.46. The summed E-state index contributed by atoms with van der Waals surface area (Å²) in [4.78, 5) is 18.7. The Labute approximate surface area is 135 Å². The number of H-pyrrole nitrogens is 1. The maximum absolute atomic E-state index is 12.3. The van der Waals surface area contributed by atoms with Crippen LogP contribution in [0.3, 0.4) is 0 Å². The summed E-state index contributed by atoms with van der Waals surface area (Å²) in [6.07, 6.45) is -3.21. The van der Waals surface area contributed by atoms with Crippen molar-refractivity contribution in [3.8, 4) is 0 Å². The second-order valence-corrected chi connectivity index (χ2v) is 5.81. The number of anilines is 1. The largest absolute Gasteiger partial charge is 0.394 e. The van der Waals surface area contributed by atoms with Gasteiger partial charge in [0.15, 0.2) is 6.33 Å². The summed E-state index contributed by atoms with van der Waals surface area (Å²) < 4.78 is 8.32. The number of aromatic nitrogens is 4. The summed E-state index contributed by atoms with van der Waals surface area (Å²) in [6.45, 7) is 0.984. The average Bonchev–Trinajstić information content (AvgIpc) is 3.06. The maximum Gasteiger partial charge on any atom is 0.313 e. The quantitative estimate of drug-likeness (QED) is 0.315. The Morgan fingerprint density at radius 2 is 2.17 bits per heavy atom. The van der Waals surface area contributed by atoms with E-state index < -0.39 is 42.7 Å². The van der Waals surface area contributed by atoms with Gasteiger partial charge in [-0.3, -0.25) is 14.3 Å². The minimum absolute atomic E-state index is 0.123. The monoisotopic (exact) mass is 342 g/mol. The van der Waals surface area contributed by atoms with E-state index in [2.05, 4.69) is 9.97 Å². The third-order valence-corrected chi connectivity index (χ3v) is 4.18. The van der Waals surface area contributed by atoms with E-state index in [4.69, 9.17) is 10.5 Å². The van der Waals surface area contributed by atoms with Crippen molar-refractivity contribution in [2.45, 2.75) is 37.5 Å². The summed E-state index contributed by atoms with van der Waals surface area (Å²) in [6, 6.07) is -0.447. The lowest BCUT2D eigenvalue weighted by molar-refractivity contribution is -0.746. The van der Waals surface area contributed by atoms with E-state index in [1.165, 1.54) is 15.5 Å². The van der Waals surface area contributed by atoms with Gasteiger partial charge in [0.2, 0.25) is 11.7 Å². The number of ether oxygens (including phenoxy) is 1. The first-order valence-corrected chi connectivity index (χ1v) is 7.43. The van der Waals surface area contributed by atoms with Crippen LogP contribution in [0.4, 0.5) is 5.95 Å². The topological polar surface area (TPSA) is 171 Å². The Kier molecular flexibility index (Phi) is 4.27. The highest BCUT2D eigenvalue weighted by molar-refractivity contribution is 5.67. The van der Waals surface area contributed by atoms with Crippen LogP contribution >= 0.6 is 0 Å². The van der Waals surface area contributed by atoms with Gasteiger partial charge >= 0.3 is 5.65 Å². The third-order valence-electron chi connectivity index (χ3n) is 4.18. The molecule has 0 bridgehead atoms. The molecule has 0 spiro atoms. The van der Waals surface area contributed by atoms with Crippen LogP contribution in [0.2, 0.25) is 0 Å². The fraction of sp³-hybridized carbons (Fsp3) is 0.615. The van der Waals surface area contributed by atoms with Gasteiger partial charge in [0.1, 0.15) is 18.3 Å². The van der Waals surface area contributed by atoms with Crippen LogP contribution in [0, 0.1) is 0 Å². The first-order valence-electron chi connectivity index (χ1n) is 7.43. The van der Waals surface area contributed by atoms with Gasteiger partial charge in [-0.1, -0.05) is 4.98 Å². The number of fused-ring (bicyclic) bond motifs is 1. The molecule has 3 heterocycles. The number of nitrogens with one attached hydrogen (secondary N) is 1. The zero-order valence-corrected chi connectivity index (χ0v) is 12.9. The lowest BCUT2D eigenvalue weighted by Gasteiger charge is -2.12. The van der Waals surface area contributed by atoms with E-state index in [-0.39, 0.29) is 23.7 Å². The molecule has 1 aliphatic heterocycles. The van der Waals surface area contributed by atoms with E-state index in [0.29, 0.717) is 0 Å². The lowest BCUT2D eigenvalue weighted by Crippen LogP contribution is -2.46. The van der Waals surface area contributed by atoms with Crippen LogP contribution in [0.25, 0.3) is 11.2 Å². The van der Waals surface area contributed by atoms with Gasteiger partial charge in [0.25, 0.3) is 11.5 Å². The molecule has 1 fully saturated rings. The van der Waals surface area contributed by atoms with E-state index in [0.717, 1.165) is 0 Å². The highest BCUT2D eigenvalue weighted by atomic mass is 16.6. The normalized spacial score (nSPS) is 28.5. The fourth-order valence-electron chi connectivity index (χ4n) is 2.85. The van der Waals surface area contributed by atoms with Crippen LogP contribution in [-0.2, 0) is 4.74 Å². The van der Waals surface area contributed by atoms with Crippen LogP contribution in [0.15, 0.2) is 11.1 Å². The van der Waals surface area contributed by atoms with Crippen molar-refractivity contribution < 1.29 is 29.7 Å². The molecule has 0 aliphatic carbocycles. The highest BCUT2D eigenvalue weighted by Gasteiger charge is 2.47. The molecule has 3 rings (SSSR count). The summed E-state index contributed by atoms with van der Waals surface area (Å²) in [7, 11) is 0. The van der Waals surface area contributed by atoms with Crippen LogP contribution in [-0.4, -0.2) is 66.5 Å². The first kappa shape index (κ1) is 16.8. The Morgan fingerprint density at radius 3 is 2.75 bits per heavy atom. The van der Waals surface area contributed by atoms with Crippen molar-refractivity contribution >= 4 is 17.1 Å². The number of nitrogens with zero attached hydrogens (tertiary/aromatic N) is 3. The second kappa shape index (κ2) is 6.11. The number of hydrogen-bond donors (Lipinski definition) is 6. The van der Waals surface area contributed by atoms with Crippen molar-refractivity contribution in [3.63, 3.8) is 0 Å². The summed E-state index contributed by atoms with van der Waals surface area (Å²) in [5, 5.41) is 38.7. The first-order chi connectivity index (χ1) is 11.4. The van der Waals surface area contributed by atoms with Gasteiger partial charge in [-0.25, -0.2) is 4.57 Å². The molecule has 0 amide bonds. The summed E-state index contributed by atoms with van der Waals surface area (Å²) in [5.74, 6) is -0.123. The zero-order valence-electron chi connectivity index (χ0n) is 12.9. The molecule has 5 atom stereocenters. The number of rotatable bonds is 4. The summed E-state index contributed by atoms with van der Waals surface area (Å²) >= 11 is 0. The molecule has 1 aliphatic rings. The smallest absolute Gasteiger partial charge is 0.313 e. The van der Waals surface area contributed by atoms with E-state index in [9.17, 15) is 25.2 Å². The number of aliphatic hydroxyl groups excluding tert-OH is 4. The van der Waals surface area contributed by atoms with E-state index >= 15 is 0 Å². The molecule has 0 radical (unpaired) electrons. The number of hydrogen-bond acceptors (Lipinski definition) is 8. The van der Waals surface area contributed by atoms with Gasteiger partial charge in [0, 0.05) is 0 Å². The van der Waals surface area contributed by atoms with Crippen LogP contribution in [0.5, 0.6) is 0 Å². The van der Waals surface area contributed by atoms with Gasteiger partial charge in [-0.15, -0.1) is 0 Å².